The molecule has 14 aromatic carbocycles. The number of hydrogen-bond acceptors (Lipinski definition) is 1. The molecule has 0 saturated carbocycles. The molecular formula is C73H45N. The Kier molecular flexibility index (Phi) is 8.73. The largest absolute Gasteiger partial charge is 0.310 e. The maximum absolute atomic E-state index is 2.59. The molecule has 0 heterocycles. The molecule has 14 aromatic rings. The average molecular weight is 936 g/mol. The molecule has 74 heavy (non-hydrogen) atoms. The Morgan fingerprint density at radius 2 is 0.541 bits per heavy atom. The standard InChI is InChI=1S/C73H45N/c1-2-20-46(21-3-1)49-22-4-5-23-50(49)67-44-66-63-34-16-19-37-70(63)73(68-35-17-14-32-61(68)62-33-15-18-36-69(62)73)71(66)45-72(67)74(47-38-40-59-55-28-8-6-24-51(55)53-26-10-12-30-57(53)64(59)42-47)48-39-41-60-56-29-9-7-25-52(56)54-27-11-13-31-58(54)65(60)43-48/h1-45H. The van der Waals surface area contributed by atoms with E-state index in [1.54, 1.807) is 0 Å². The predicted molar refractivity (Wildman–Crippen MR) is 313 cm³/mol. The summed E-state index contributed by atoms with van der Waals surface area (Å²) >= 11 is 0. The van der Waals surface area contributed by atoms with E-state index in [0.717, 1.165) is 17.1 Å². The van der Waals surface area contributed by atoms with E-state index in [-0.39, 0.29) is 0 Å². The summed E-state index contributed by atoms with van der Waals surface area (Å²) in [5.74, 6) is 0. The number of fused-ring (bicyclic) bond motifs is 22. The van der Waals surface area contributed by atoms with E-state index >= 15 is 0 Å². The topological polar surface area (TPSA) is 3.24 Å². The first-order chi connectivity index (χ1) is 36.7. The van der Waals surface area contributed by atoms with Crippen LogP contribution in [0.5, 0.6) is 0 Å². The van der Waals surface area contributed by atoms with Crippen LogP contribution in [0.2, 0.25) is 0 Å². The van der Waals surface area contributed by atoms with Crippen molar-refractivity contribution in [2.45, 2.75) is 5.41 Å². The van der Waals surface area contributed by atoms with E-state index < -0.39 is 5.41 Å². The molecular weight excluding hydrogens is 891 g/mol. The average Bonchev–Trinajstić information content (AvgIpc) is 3.94. The van der Waals surface area contributed by atoms with Gasteiger partial charge in [0.1, 0.15) is 0 Å². The van der Waals surface area contributed by atoms with E-state index in [1.165, 1.54) is 131 Å². The van der Waals surface area contributed by atoms with Gasteiger partial charge in [0, 0.05) is 16.9 Å². The molecule has 342 valence electrons. The molecule has 2 aliphatic rings. The smallest absolute Gasteiger partial charge is 0.0726 e. The van der Waals surface area contributed by atoms with Crippen LogP contribution in [0, 0.1) is 0 Å². The van der Waals surface area contributed by atoms with Crippen molar-refractivity contribution in [3.63, 3.8) is 0 Å². The Bertz CT molecular complexity index is 4400. The number of benzene rings is 14. The minimum atomic E-state index is -0.548. The lowest BCUT2D eigenvalue weighted by atomic mass is 9.70. The van der Waals surface area contributed by atoms with Gasteiger partial charge in [-0.2, -0.15) is 0 Å². The van der Waals surface area contributed by atoms with Crippen molar-refractivity contribution in [1.82, 2.24) is 0 Å². The molecule has 0 atom stereocenters. The second-order valence-corrected chi connectivity index (χ2v) is 20.2. The van der Waals surface area contributed by atoms with E-state index in [2.05, 4.69) is 278 Å². The van der Waals surface area contributed by atoms with Crippen LogP contribution in [0.1, 0.15) is 22.3 Å². The summed E-state index contributed by atoms with van der Waals surface area (Å²) in [6.45, 7) is 0. The summed E-state index contributed by atoms with van der Waals surface area (Å²) in [7, 11) is 0. The lowest BCUT2D eigenvalue weighted by Crippen LogP contribution is -2.26. The Morgan fingerprint density at radius 3 is 0.986 bits per heavy atom. The normalized spacial score (nSPS) is 13.0. The molecule has 0 fully saturated rings. The van der Waals surface area contributed by atoms with Gasteiger partial charge < -0.3 is 4.90 Å². The van der Waals surface area contributed by atoms with Crippen LogP contribution < -0.4 is 4.90 Å². The van der Waals surface area contributed by atoms with Gasteiger partial charge in [0.25, 0.3) is 0 Å². The van der Waals surface area contributed by atoms with Crippen LogP contribution in [-0.2, 0) is 5.41 Å². The minimum Gasteiger partial charge on any atom is -0.310 e. The van der Waals surface area contributed by atoms with Crippen molar-refractivity contribution < 1.29 is 0 Å². The van der Waals surface area contributed by atoms with Gasteiger partial charge in [0.05, 0.1) is 11.1 Å². The van der Waals surface area contributed by atoms with Crippen LogP contribution in [-0.4, -0.2) is 0 Å². The van der Waals surface area contributed by atoms with E-state index in [1.807, 2.05) is 0 Å². The van der Waals surface area contributed by atoms with Gasteiger partial charge in [-0.15, -0.1) is 0 Å². The monoisotopic (exact) mass is 935 g/mol. The quantitative estimate of drug-likeness (QED) is 0.155. The third kappa shape index (κ3) is 5.64. The molecule has 0 amide bonds. The van der Waals surface area contributed by atoms with Gasteiger partial charge in [0.15, 0.2) is 0 Å². The molecule has 0 aromatic heterocycles. The molecule has 0 saturated heterocycles. The Labute approximate surface area is 429 Å². The van der Waals surface area contributed by atoms with Gasteiger partial charge in [-0.25, -0.2) is 0 Å². The summed E-state index contributed by atoms with van der Waals surface area (Å²) in [5, 5.41) is 15.0. The molecule has 0 bridgehead atoms. The van der Waals surface area contributed by atoms with Gasteiger partial charge in [-0.3, -0.25) is 0 Å². The fraction of sp³-hybridized carbons (Fsp3) is 0.0137. The van der Waals surface area contributed by atoms with Gasteiger partial charge >= 0.3 is 0 Å². The Hall–Kier alpha value is -9.56. The molecule has 1 heteroatoms. The summed E-state index contributed by atoms with van der Waals surface area (Å²) < 4.78 is 0. The van der Waals surface area contributed by atoms with Gasteiger partial charge in [-0.1, -0.05) is 237 Å². The van der Waals surface area contributed by atoms with Crippen molar-refractivity contribution >= 4 is 81.7 Å². The second kappa shape index (κ2) is 15.7. The zero-order chi connectivity index (χ0) is 48.5. The lowest BCUT2D eigenvalue weighted by Gasteiger charge is -2.34. The molecule has 2 aliphatic carbocycles. The maximum atomic E-state index is 2.59. The maximum Gasteiger partial charge on any atom is 0.0726 e. The zero-order valence-corrected chi connectivity index (χ0v) is 40.4. The molecule has 0 radical (unpaired) electrons. The van der Waals surface area contributed by atoms with Crippen molar-refractivity contribution in [2.24, 2.45) is 0 Å². The summed E-state index contributed by atoms with van der Waals surface area (Å²) in [6, 6.07) is 103. The third-order valence-corrected chi connectivity index (χ3v) is 16.6. The highest BCUT2D eigenvalue weighted by atomic mass is 15.1. The fourth-order valence-corrected chi connectivity index (χ4v) is 13.6. The molecule has 0 aliphatic heterocycles. The number of nitrogens with zero attached hydrogens (tertiary/aromatic N) is 1. The summed E-state index contributed by atoms with van der Waals surface area (Å²) in [5.41, 5.74) is 17.9. The Morgan fingerprint density at radius 1 is 0.203 bits per heavy atom. The van der Waals surface area contributed by atoms with Crippen molar-refractivity contribution in [2.75, 3.05) is 4.90 Å². The molecule has 1 nitrogen and oxygen atoms in total. The van der Waals surface area contributed by atoms with E-state index in [9.17, 15) is 0 Å². The van der Waals surface area contributed by atoms with E-state index in [0.29, 0.717) is 0 Å². The van der Waals surface area contributed by atoms with Crippen LogP contribution >= 0.6 is 0 Å². The van der Waals surface area contributed by atoms with Crippen LogP contribution in [0.3, 0.4) is 0 Å². The number of anilines is 3. The Balaban J connectivity index is 1.08. The molecule has 1 spiro atoms. The molecule has 16 rings (SSSR count). The summed E-state index contributed by atoms with van der Waals surface area (Å²) in [4.78, 5) is 2.59. The first kappa shape index (κ1) is 41.1. The number of hydrogen-bond donors (Lipinski definition) is 0. The summed E-state index contributed by atoms with van der Waals surface area (Å²) in [6.07, 6.45) is 0. The van der Waals surface area contributed by atoms with Crippen LogP contribution in [0.15, 0.2) is 273 Å². The fourth-order valence-electron chi connectivity index (χ4n) is 13.6. The lowest BCUT2D eigenvalue weighted by molar-refractivity contribution is 0.794. The zero-order valence-electron chi connectivity index (χ0n) is 40.4. The van der Waals surface area contributed by atoms with Crippen molar-refractivity contribution in [3.05, 3.63) is 295 Å². The SMILES string of the molecule is c1ccc(-c2ccccc2-c2cc3c(cc2N(c2ccc4c5ccccc5c5ccccc5c4c2)c2ccc4c5ccccc5c5ccccc5c4c2)C2(c4ccccc4-c4ccccc42)c2ccccc2-3)cc1. The third-order valence-electron chi connectivity index (χ3n) is 16.6. The second-order valence-electron chi connectivity index (χ2n) is 20.2. The first-order valence-electron chi connectivity index (χ1n) is 25.8. The van der Waals surface area contributed by atoms with Crippen LogP contribution in [0.25, 0.3) is 109 Å². The van der Waals surface area contributed by atoms with Gasteiger partial charge in [0.2, 0.25) is 0 Å². The van der Waals surface area contributed by atoms with Crippen molar-refractivity contribution in [1.29, 1.82) is 0 Å². The number of rotatable bonds is 5. The minimum absolute atomic E-state index is 0.548. The highest BCUT2D eigenvalue weighted by Gasteiger charge is 2.52. The van der Waals surface area contributed by atoms with Crippen LogP contribution in [0.4, 0.5) is 17.1 Å². The predicted octanol–water partition coefficient (Wildman–Crippen LogP) is 19.8. The highest BCUT2D eigenvalue weighted by Crippen LogP contribution is 2.64. The first-order valence-corrected chi connectivity index (χ1v) is 25.8. The molecule has 0 N–H and O–H groups in total. The van der Waals surface area contributed by atoms with E-state index in [4.69, 9.17) is 0 Å². The van der Waals surface area contributed by atoms with Gasteiger partial charge in [-0.05, 0) is 162 Å². The van der Waals surface area contributed by atoms with Crippen molar-refractivity contribution in [3.8, 4) is 44.5 Å². The molecule has 0 unspecified atom stereocenters. The highest BCUT2D eigenvalue weighted by molar-refractivity contribution is 6.27.